The van der Waals surface area contributed by atoms with Gasteiger partial charge in [0.2, 0.25) is 0 Å². The SMILES string of the molecule is CCOc1ccccc1CN[C@H](C)c1ccccc1C. The van der Waals surface area contributed by atoms with Gasteiger partial charge in [-0.3, -0.25) is 0 Å². The van der Waals surface area contributed by atoms with Gasteiger partial charge in [-0.05, 0) is 38.0 Å². The number of ether oxygens (including phenoxy) is 1. The molecule has 0 aliphatic carbocycles. The monoisotopic (exact) mass is 269 g/mol. The van der Waals surface area contributed by atoms with E-state index < -0.39 is 0 Å². The van der Waals surface area contributed by atoms with Crippen LogP contribution in [0, 0.1) is 6.92 Å². The summed E-state index contributed by atoms with van der Waals surface area (Å²) in [5, 5.41) is 3.57. The number of aryl methyl sites for hydroxylation is 1. The van der Waals surface area contributed by atoms with Crippen LogP contribution in [0.4, 0.5) is 0 Å². The lowest BCUT2D eigenvalue weighted by atomic mass is 10.0. The molecule has 2 nitrogen and oxygen atoms in total. The van der Waals surface area contributed by atoms with E-state index in [1.54, 1.807) is 0 Å². The van der Waals surface area contributed by atoms with Crippen molar-refractivity contribution in [2.24, 2.45) is 0 Å². The van der Waals surface area contributed by atoms with E-state index in [0.717, 1.165) is 12.3 Å². The molecule has 0 radical (unpaired) electrons. The van der Waals surface area contributed by atoms with Crippen molar-refractivity contribution in [3.8, 4) is 5.75 Å². The Labute approximate surface area is 121 Å². The van der Waals surface area contributed by atoms with Gasteiger partial charge in [0.15, 0.2) is 0 Å². The average molecular weight is 269 g/mol. The normalized spacial score (nSPS) is 12.2. The predicted octanol–water partition coefficient (Wildman–Crippen LogP) is 4.24. The van der Waals surface area contributed by atoms with Crippen LogP contribution >= 0.6 is 0 Å². The Morgan fingerprint density at radius 1 is 1.05 bits per heavy atom. The van der Waals surface area contributed by atoms with E-state index in [4.69, 9.17) is 4.74 Å². The molecule has 0 saturated carbocycles. The molecule has 0 fully saturated rings. The number of hydrogen-bond donors (Lipinski definition) is 1. The third-order valence-corrected chi connectivity index (χ3v) is 3.53. The minimum atomic E-state index is 0.325. The maximum absolute atomic E-state index is 5.66. The van der Waals surface area contributed by atoms with Crippen LogP contribution < -0.4 is 10.1 Å². The van der Waals surface area contributed by atoms with E-state index >= 15 is 0 Å². The summed E-state index contributed by atoms with van der Waals surface area (Å²) in [6.45, 7) is 7.88. The molecule has 2 heteroatoms. The van der Waals surface area contributed by atoms with Gasteiger partial charge in [0.25, 0.3) is 0 Å². The largest absolute Gasteiger partial charge is 0.494 e. The summed E-state index contributed by atoms with van der Waals surface area (Å²) in [4.78, 5) is 0. The molecule has 0 aliphatic heterocycles. The highest BCUT2D eigenvalue weighted by Crippen LogP contribution is 2.21. The molecule has 0 saturated heterocycles. The molecule has 0 bridgehead atoms. The van der Waals surface area contributed by atoms with Crippen LogP contribution in [-0.2, 0) is 6.54 Å². The standard InChI is InChI=1S/C18H23NO/c1-4-20-18-12-8-6-10-16(18)13-19-15(3)17-11-7-5-9-14(17)2/h5-12,15,19H,4,13H2,1-3H3/t15-/m1/s1. The van der Waals surface area contributed by atoms with Crippen molar-refractivity contribution in [2.45, 2.75) is 33.4 Å². The van der Waals surface area contributed by atoms with Crippen molar-refractivity contribution in [3.05, 3.63) is 65.2 Å². The molecule has 0 spiro atoms. The molecule has 0 heterocycles. The highest BCUT2D eigenvalue weighted by Gasteiger charge is 2.08. The zero-order valence-electron chi connectivity index (χ0n) is 12.5. The molecule has 2 aromatic carbocycles. The molecule has 106 valence electrons. The summed E-state index contributed by atoms with van der Waals surface area (Å²) >= 11 is 0. The molecule has 2 aromatic rings. The predicted molar refractivity (Wildman–Crippen MR) is 84.0 cm³/mol. The molecule has 0 aliphatic rings. The maximum atomic E-state index is 5.66. The Hall–Kier alpha value is -1.80. The van der Waals surface area contributed by atoms with Crippen LogP contribution in [0.5, 0.6) is 5.75 Å². The molecular weight excluding hydrogens is 246 g/mol. The Kier molecular flexibility index (Phi) is 5.19. The minimum Gasteiger partial charge on any atom is -0.494 e. The van der Waals surface area contributed by atoms with Gasteiger partial charge in [0.05, 0.1) is 6.61 Å². The molecule has 0 aromatic heterocycles. The van der Waals surface area contributed by atoms with Crippen molar-refractivity contribution in [1.82, 2.24) is 5.32 Å². The smallest absolute Gasteiger partial charge is 0.123 e. The van der Waals surface area contributed by atoms with E-state index in [0.29, 0.717) is 12.6 Å². The molecule has 1 atom stereocenters. The van der Waals surface area contributed by atoms with E-state index in [1.807, 2.05) is 19.1 Å². The first kappa shape index (κ1) is 14.6. The first-order chi connectivity index (χ1) is 9.72. The molecular formula is C18H23NO. The number of benzene rings is 2. The number of hydrogen-bond acceptors (Lipinski definition) is 2. The van der Waals surface area contributed by atoms with Crippen LogP contribution in [0.25, 0.3) is 0 Å². The Bertz CT molecular complexity index is 551. The Morgan fingerprint density at radius 2 is 1.75 bits per heavy atom. The second-order valence-corrected chi connectivity index (χ2v) is 5.00. The van der Waals surface area contributed by atoms with Crippen molar-refractivity contribution in [3.63, 3.8) is 0 Å². The van der Waals surface area contributed by atoms with Crippen molar-refractivity contribution < 1.29 is 4.74 Å². The summed E-state index contributed by atoms with van der Waals surface area (Å²) in [6.07, 6.45) is 0. The lowest BCUT2D eigenvalue weighted by Gasteiger charge is -2.18. The van der Waals surface area contributed by atoms with Gasteiger partial charge in [-0.25, -0.2) is 0 Å². The van der Waals surface area contributed by atoms with Gasteiger partial charge in [0.1, 0.15) is 5.75 Å². The fourth-order valence-corrected chi connectivity index (χ4v) is 2.39. The van der Waals surface area contributed by atoms with Gasteiger partial charge in [-0.15, -0.1) is 0 Å². The minimum absolute atomic E-state index is 0.325. The van der Waals surface area contributed by atoms with Crippen LogP contribution in [0.1, 0.15) is 36.6 Å². The summed E-state index contributed by atoms with van der Waals surface area (Å²) in [5.41, 5.74) is 3.88. The van der Waals surface area contributed by atoms with Gasteiger partial charge in [-0.2, -0.15) is 0 Å². The van der Waals surface area contributed by atoms with Crippen molar-refractivity contribution >= 4 is 0 Å². The number of rotatable bonds is 6. The average Bonchev–Trinajstić information content (AvgIpc) is 2.47. The lowest BCUT2D eigenvalue weighted by Crippen LogP contribution is -2.19. The second-order valence-electron chi connectivity index (χ2n) is 5.00. The summed E-state index contributed by atoms with van der Waals surface area (Å²) < 4.78 is 5.66. The Balaban J connectivity index is 2.04. The van der Waals surface area contributed by atoms with Crippen LogP contribution in [0.3, 0.4) is 0 Å². The zero-order chi connectivity index (χ0) is 14.4. The molecule has 0 amide bonds. The molecule has 1 N–H and O–H groups in total. The fourth-order valence-electron chi connectivity index (χ4n) is 2.39. The first-order valence-corrected chi connectivity index (χ1v) is 7.22. The first-order valence-electron chi connectivity index (χ1n) is 7.22. The summed E-state index contributed by atoms with van der Waals surface area (Å²) in [7, 11) is 0. The van der Waals surface area contributed by atoms with E-state index in [9.17, 15) is 0 Å². The summed E-state index contributed by atoms with van der Waals surface area (Å²) in [6, 6.07) is 17.0. The van der Waals surface area contributed by atoms with Crippen LogP contribution in [-0.4, -0.2) is 6.61 Å². The third kappa shape index (κ3) is 3.61. The van der Waals surface area contributed by atoms with Gasteiger partial charge < -0.3 is 10.1 Å². The van der Waals surface area contributed by atoms with E-state index in [1.165, 1.54) is 16.7 Å². The van der Waals surface area contributed by atoms with E-state index in [-0.39, 0.29) is 0 Å². The lowest BCUT2D eigenvalue weighted by molar-refractivity contribution is 0.335. The highest BCUT2D eigenvalue weighted by molar-refractivity contribution is 5.34. The molecule has 20 heavy (non-hydrogen) atoms. The summed E-state index contributed by atoms with van der Waals surface area (Å²) in [5.74, 6) is 0.972. The van der Waals surface area contributed by atoms with Crippen LogP contribution in [0.2, 0.25) is 0 Å². The quantitative estimate of drug-likeness (QED) is 0.846. The third-order valence-electron chi connectivity index (χ3n) is 3.53. The second kappa shape index (κ2) is 7.11. The topological polar surface area (TPSA) is 21.3 Å². The van der Waals surface area contributed by atoms with Crippen LogP contribution in [0.15, 0.2) is 48.5 Å². The van der Waals surface area contributed by atoms with Gasteiger partial charge >= 0.3 is 0 Å². The maximum Gasteiger partial charge on any atom is 0.123 e. The van der Waals surface area contributed by atoms with Gasteiger partial charge in [0, 0.05) is 18.2 Å². The van der Waals surface area contributed by atoms with Gasteiger partial charge in [-0.1, -0.05) is 42.5 Å². The van der Waals surface area contributed by atoms with Crippen molar-refractivity contribution in [1.29, 1.82) is 0 Å². The van der Waals surface area contributed by atoms with E-state index in [2.05, 4.69) is 55.6 Å². The number of nitrogens with one attached hydrogen (secondary N) is 1. The zero-order valence-corrected chi connectivity index (χ0v) is 12.5. The Morgan fingerprint density at radius 3 is 2.50 bits per heavy atom. The van der Waals surface area contributed by atoms with Crippen molar-refractivity contribution in [2.75, 3.05) is 6.61 Å². The highest BCUT2D eigenvalue weighted by atomic mass is 16.5. The number of para-hydroxylation sites is 1. The fraction of sp³-hybridized carbons (Fsp3) is 0.333. The molecule has 0 unspecified atom stereocenters. The molecule has 2 rings (SSSR count).